The number of aliphatic imine (C=N–C) groups is 1. The average molecular weight is 463 g/mol. The number of halogens is 1. The van der Waals surface area contributed by atoms with Crippen molar-refractivity contribution in [2.24, 2.45) is 4.99 Å². The van der Waals surface area contributed by atoms with Crippen LogP contribution in [0.5, 0.6) is 0 Å². The van der Waals surface area contributed by atoms with Gasteiger partial charge in [-0.2, -0.15) is 0 Å². The monoisotopic (exact) mass is 462 g/mol. The van der Waals surface area contributed by atoms with Crippen molar-refractivity contribution >= 4 is 34.9 Å². The second-order valence-electron chi connectivity index (χ2n) is 8.06. The van der Waals surface area contributed by atoms with E-state index >= 15 is 0 Å². The molecule has 1 fully saturated rings. The van der Waals surface area contributed by atoms with Crippen LogP contribution in [0.25, 0.3) is 0 Å². The molecule has 1 aliphatic rings. The van der Waals surface area contributed by atoms with Crippen LogP contribution in [0.3, 0.4) is 0 Å². The van der Waals surface area contributed by atoms with Crippen LogP contribution in [-0.2, 0) is 6.54 Å². The lowest BCUT2D eigenvalue weighted by Gasteiger charge is -2.38. The summed E-state index contributed by atoms with van der Waals surface area (Å²) >= 11 is 6.39. The first-order valence-electron chi connectivity index (χ1n) is 10.9. The molecule has 170 valence electrons. The van der Waals surface area contributed by atoms with Crippen LogP contribution in [0.15, 0.2) is 77.8 Å². The Morgan fingerprint density at radius 2 is 1.64 bits per heavy atom. The van der Waals surface area contributed by atoms with Gasteiger partial charge in [-0.05, 0) is 48.9 Å². The van der Waals surface area contributed by atoms with E-state index in [2.05, 4.69) is 46.3 Å². The molecule has 0 aliphatic carbocycles. The molecule has 0 radical (unpaired) electrons. The normalized spacial score (nSPS) is 14.3. The molecule has 4 rings (SSSR count). The summed E-state index contributed by atoms with van der Waals surface area (Å²) in [6.45, 7) is 5.86. The van der Waals surface area contributed by atoms with E-state index in [9.17, 15) is 4.79 Å². The molecule has 0 saturated carbocycles. The van der Waals surface area contributed by atoms with Crippen LogP contribution < -0.4 is 10.2 Å². The number of rotatable bonds is 5. The highest BCUT2D eigenvalue weighted by molar-refractivity contribution is 6.33. The van der Waals surface area contributed by atoms with Gasteiger partial charge in [-0.15, -0.1) is 0 Å². The molecule has 6 nitrogen and oxygen atoms in total. The lowest BCUT2D eigenvalue weighted by Crippen LogP contribution is -2.50. The first-order chi connectivity index (χ1) is 16.0. The van der Waals surface area contributed by atoms with Gasteiger partial charge in [-0.1, -0.05) is 53.6 Å². The predicted molar refractivity (Wildman–Crippen MR) is 135 cm³/mol. The van der Waals surface area contributed by atoms with E-state index in [-0.39, 0.29) is 5.56 Å². The molecular formula is C26H27ClN4O2. The number of aromatic carboxylic acids is 1. The molecule has 1 aliphatic heterocycles. The predicted octanol–water partition coefficient (Wildman–Crippen LogP) is 5.14. The Bertz CT molecular complexity index is 1120. The number of hydrogen-bond acceptors (Lipinski definition) is 3. The molecule has 0 atom stereocenters. The van der Waals surface area contributed by atoms with Gasteiger partial charge in [-0.25, -0.2) is 9.79 Å². The molecule has 1 saturated heterocycles. The molecule has 0 bridgehead atoms. The fourth-order valence-corrected chi connectivity index (χ4v) is 4.03. The fraction of sp³-hybridized carbons (Fsp3) is 0.231. The maximum Gasteiger partial charge on any atom is 0.335 e. The number of nitrogens with zero attached hydrogens (tertiary/aromatic N) is 3. The van der Waals surface area contributed by atoms with Crippen molar-refractivity contribution in [1.29, 1.82) is 0 Å². The van der Waals surface area contributed by atoms with Gasteiger partial charge in [-0.3, -0.25) is 0 Å². The van der Waals surface area contributed by atoms with Crippen LogP contribution in [-0.4, -0.2) is 48.1 Å². The summed E-state index contributed by atoms with van der Waals surface area (Å²) in [5.41, 5.74) is 4.46. The molecule has 0 aromatic heterocycles. The quantitative estimate of drug-likeness (QED) is 0.406. The maximum absolute atomic E-state index is 11.2. The van der Waals surface area contributed by atoms with Crippen molar-refractivity contribution in [3.63, 3.8) is 0 Å². The van der Waals surface area contributed by atoms with Gasteiger partial charge >= 0.3 is 5.97 Å². The molecule has 1 heterocycles. The highest BCUT2D eigenvalue weighted by atomic mass is 35.5. The van der Waals surface area contributed by atoms with Gasteiger partial charge in [0.1, 0.15) is 0 Å². The third kappa shape index (κ3) is 5.84. The van der Waals surface area contributed by atoms with Gasteiger partial charge < -0.3 is 20.2 Å². The number of aryl methyl sites for hydroxylation is 1. The zero-order valence-corrected chi connectivity index (χ0v) is 19.3. The van der Waals surface area contributed by atoms with E-state index < -0.39 is 5.97 Å². The van der Waals surface area contributed by atoms with Crippen molar-refractivity contribution < 1.29 is 9.90 Å². The number of guanidine groups is 1. The molecule has 33 heavy (non-hydrogen) atoms. The van der Waals surface area contributed by atoms with E-state index in [1.807, 2.05) is 24.3 Å². The molecule has 2 N–H and O–H groups in total. The zero-order valence-electron chi connectivity index (χ0n) is 18.5. The second kappa shape index (κ2) is 10.4. The van der Waals surface area contributed by atoms with E-state index in [0.717, 1.165) is 54.1 Å². The van der Waals surface area contributed by atoms with Crippen molar-refractivity contribution in [1.82, 2.24) is 4.90 Å². The van der Waals surface area contributed by atoms with Crippen molar-refractivity contribution in [3.05, 3.63) is 94.5 Å². The fourth-order valence-electron chi connectivity index (χ4n) is 3.77. The maximum atomic E-state index is 11.2. The summed E-state index contributed by atoms with van der Waals surface area (Å²) in [5, 5.41) is 13.3. The van der Waals surface area contributed by atoms with Crippen LogP contribution in [0.2, 0.25) is 5.02 Å². The van der Waals surface area contributed by atoms with Crippen LogP contribution in [0, 0.1) is 6.92 Å². The Kier molecular flexibility index (Phi) is 7.15. The third-order valence-corrected chi connectivity index (χ3v) is 6.01. The number of hydrogen-bond donors (Lipinski definition) is 2. The summed E-state index contributed by atoms with van der Waals surface area (Å²) in [7, 11) is 0. The number of nitrogens with one attached hydrogen (secondary N) is 1. The number of piperazine rings is 1. The number of anilines is 2. The van der Waals surface area contributed by atoms with Gasteiger partial charge in [0.15, 0.2) is 5.96 Å². The van der Waals surface area contributed by atoms with Gasteiger partial charge in [0.25, 0.3) is 0 Å². The number of carbonyl (C=O) groups is 1. The second-order valence-corrected chi connectivity index (χ2v) is 8.47. The Morgan fingerprint density at radius 1 is 0.970 bits per heavy atom. The number of benzene rings is 3. The Labute approximate surface area is 199 Å². The highest BCUT2D eigenvalue weighted by Crippen LogP contribution is 2.26. The highest BCUT2D eigenvalue weighted by Gasteiger charge is 2.21. The zero-order chi connectivity index (χ0) is 23.2. The van der Waals surface area contributed by atoms with Crippen LogP contribution in [0.1, 0.15) is 21.5 Å². The summed E-state index contributed by atoms with van der Waals surface area (Å²) < 4.78 is 0. The first kappa shape index (κ1) is 22.7. The third-order valence-electron chi connectivity index (χ3n) is 5.69. The van der Waals surface area contributed by atoms with E-state index in [1.165, 1.54) is 5.56 Å². The first-order valence-corrected chi connectivity index (χ1v) is 11.3. The lowest BCUT2D eigenvalue weighted by molar-refractivity contribution is 0.0697. The molecule has 0 amide bonds. The number of para-hydroxylation sites is 1. The largest absolute Gasteiger partial charge is 0.478 e. The van der Waals surface area contributed by atoms with Crippen molar-refractivity contribution in [2.45, 2.75) is 13.5 Å². The van der Waals surface area contributed by atoms with Gasteiger partial charge in [0.05, 0.1) is 22.8 Å². The summed E-state index contributed by atoms with van der Waals surface area (Å²) in [6.07, 6.45) is 0. The van der Waals surface area contributed by atoms with E-state index in [0.29, 0.717) is 6.54 Å². The molecular weight excluding hydrogens is 436 g/mol. The average Bonchev–Trinajstić information content (AvgIpc) is 2.83. The Balaban J connectivity index is 1.50. The molecule has 3 aromatic carbocycles. The SMILES string of the molecule is Cc1ccc(CN=C(Nc2ccc(C(=O)O)cc2)N2CCN(c3ccccc3Cl)CC2)cc1. The number of carboxylic acids is 1. The van der Waals surface area contributed by atoms with Crippen molar-refractivity contribution in [2.75, 3.05) is 36.4 Å². The topological polar surface area (TPSA) is 68.2 Å². The Morgan fingerprint density at radius 3 is 2.27 bits per heavy atom. The minimum absolute atomic E-state index is 0.257. The lowest BCUT2D eigenvalue weighted by atomic mass is 10.1. The number of carboxylic acid groups (broad SMARTS) is 1. The molecule has 3 aromatic rings. The van der Waals surface area contributed by atoms with Gasteiger partial charge in [0.2, 0.25) is 0 Å². The smallest absolute Gasteiger partial charge is 0.335 e. The van der Waals surface area contributed by atoms with Crippen LogP contribution in [0.4, 0.5) is 11.4 Å². The van der Waals surface area contributed by atoms with E-state index in [4.69, 9.17) is 21.7 Å². The summed E-state index contributed by atoms with van der Waals surface area (Å²) in [4.78, 5) is 20.6. The molecule has 7 heteroatoms. The minimum atomic E-state index is -0.939. The Hall–Kier alpha value is -3.51. The molecule has 0 spiro atoms. The van der Waals surface area contributed by atoms with E-state index in [1.54, 1.807) is 24.3 Å². The minimum Gasteiger partial charge on any atom is -0.478 e. The molecule has 0 unspecified atom stereocenters. The van der Waals surface area contributed by atoms with Crippen molar-refractivity contribution in [3.8, 4) is 0 Å². The standard InChI is InChI=1S/C26H27ClN4O2/c1-19-6-8-20(9-7-19)18-28-26(29-22-12-10-21(11-13-22)25(32)33)31-16-14-30(15-17-31)24-5-3-2-4-23(24)27/h2-13H,14-18H2,1H3,(H,28,29)(H,32,33). The summed E-state index contributed by atoms with van der Waals surface area (Å²) in [5.74, 6) is -0.164. The summed E-state index contributed by atoms with van der Waals surface area (Å²) in [6, 6.07) is 23.0. The van der Waals surface area contributed by atoms with Gasteiger partial charge in [0, 0.05) is 31.9 Å². The van der Waals surface area contributed by atoms with Crippen LogP contribution >= 0.6 is 11.6 Å².